The van der Waals surface area contributed by atoms with Crippen LogP contribution < -0.4 is 4.90 Å². The molecule has 1 aliphatic rings. The topological polar surface area (TPSA) is 37.4 Å². The summed E-state index contributed by atoms with van der Waals surface area (Å²) in [5.41, 5.74) is 2.11. The number of hydrogen-bond acceptors (Lipinski definition) is 3. The lowest BCUT2D eigenvalue weighted by Crippen LogP contribution is -2.31. The normalized spacial score (nSPS) is 14.4. The predicted molar refractivity (Wildman–Crippen MR) is 120 cm³/mol. The number of carbonyl (C=O) groups is 2. The number of anilines is 1. The van der Waals surface area contributed by atoms with Gasteiger partial charge in [-0.1, -0.05) is 60.2 Å². The highest BCUT2D eigenvalue weighted by atomic mass is 32.2. The molecule has 0 atom stereocenters. The first-order chi connectivity index (χ1) is 15.3. The lowest BCUT2D eigenvalue weighted by molar-refractivity contribution is -0.137. The Hall–Kier alpha value is -3.32. The first kappa shape index (κ1) is 21.9. The average molecular weight is 453 g/mol. The monoisotopic (exact) mass is 453 g/mol. The van der Waals surface area contributed by atoms with E-state index in [1.165, 1.54) is 11.8 Å². The molecular weight excluding hydrogens is 435 g/mol. The van der Waals surface area contributed by atoms with Crippen molar-refractivity contribution in [1.29, 1.82) is 0 Å². The molecule has 0 saturated heterocycles. The van der Waals surface area contributed by atoms with Gasteiger partial charge in [-0.3, -0.25) is 9.59 Å². The molecule has 32 heavy (non-hydrogen) atoms. The van der Waals surface area contributed by atoms with Crippen LogP contribution in [0.15, 0.2) is 83.8 Å². The van der Waals surface area contributed by atoms with E-state index in [-0.39, 0.29) is 16.2 Å². The van der Waals surface area contributed by atoms with Gasteiger partial charge < -0.3 is 0 Å². The van der Waals surface area contributed by atoms with Crippen molar-refractivity contribution in [3.8, 4) is 0 Å². The standard InChI is InChI=1S/C25H18F3NO2S/c1-16-7-9-18(10-8-16)21-22(32-15-17-5-3-2-4-6-17)24(31)29(23(21)30)20-13-11-19(12-14-20)25(26,27)28/h2-14H,15H2,1H3. The molecule has 1 heterocycles. The zero-order valence-corrected chi connectivity index (χ0v) is 17.8. The molecule has 0 N–H and O–H groups in total. The molecule has 0 aromatic heterocycles. The Bertz CT molecular complexity index is 1180. The fourth-order valence-corrected chi connectivity index (χ4v) is 4.45. The van der Waals surface area contributed by atoms with Crippen molar-refractivity contribution in [2.24, 2.45) is 0 Å². The summed E-state index contributed by atoms with van der Waals surface area (Å²) in [6, 6.07) is 20.8. The van der Waals surface area contributed by atoms with Crippen LogP contribution >= 0.6 is 11.8 Å². The van der Waals surface area contributed by atoms with Crippen molar-refractivity contribution < 1.29 is 22.8 Å². The van der Waals surface area contributed by atoms with E-state index in [1.807, 2.05) is 49.4 Å². The van der Waals surface area contributed by atoms with Gasteiger partial charge in [-0.15, -0.1) is 11.8 Å². The largest absolute Gasteiger partial charge is 0.416 e. The quantitative estimate of drug-likeness (QED) is 0.430. The zero-order valence-electron chi connectivity index (χ0n) is 17.0. The van der Waals surface area contributed by atoms with Gasteiger partial charge in [0.2, 0.25) is 0 Å². The number of rotatable bonds is 5. The molecule has 0 spiro atoms. The maximum Gasteiger partial charge on any atom is 0.416 e. The van der Waals surface area contributed by atoms with Crippen LogP contribution in [0.4, 0.5) is 18.9 Å². The highest BCUT2D eigenvalue weighted by molar-refractivity contribution is 8.03. The van der Waals surface area contributed by atoms with Crippen molar-refractivity contribution in [3.63, 3.8) is 0 Å². The molecule has 0 bridgehead atoms. The second-order valence-electron chi connectivity index (χ2n) is 7.33. The van der Waals surface area contributed by atoms with E-state index in [0.29, 0.717) is 11.3 Å². The van der Waals surface area contributed by atoms with Crippen molar-refractivity contribution in [3.05, 3.63) is 106 Å². The van der Waals surface area contributed by atoms with Gasteiger partial charge in [0, 0.05) is 5.75 Å². The van der Waals surface area contributed by atoms with Crippen molar-refractivity contribution in [2.45, 2.75) is 18.9 Å². The number of benzene rings is 3. The molecule has 2 amide bonds. The Morgan fingerprint density at radius 2 is 1.44 bits per heavy atom. The lowest BCUT2D eigenvalue weighted by atomic mass is 10.0. The fourth-order valence-electron chi connectivity index (χ4n) is 3.38. The van der Waals surface area contributed by atoms with Crippen molar-refractivity contribution >= 4 is 34.8 Å². The van der Waals surface area contributed by atoms with E-state index in [4.69, 9.17) is 0 Å². The Morgan fingerprint density at radius 1 is 0.812 bits per heavy atom. The molecule has 3 aromatic carbocycles. The summed E-state index contributed by atoms with van der Waals surface area (Å²) in [7, 11) is 0. The number of carbonyl (C=O) groups excluding carboxylic acids is 2. The smallest absolute Gasteiger partial charge is 0.268 e. The highest BCUT2D eigenvalue weighted by Gasteiger charge is 2.40. The van der Waals surface area contributed by atoms with E-state index < -0.39 is 23.6 Å². The molecule has 1 aliphatic heterocycles. The third-order valence-corrected chi connectivity index (χ3v) is 6.21. The van der Waals surface area contributed by atoms with Gasteiger partial charge >= 0.3 is 6.18 Å². The van der Waals surface area contributed by atoms with Crippen LogP contribution in [0.1, 0.15) is 22.3 Å². The summed E-state index contributed by atoms with van der Waals surface area (Å²) in [5.74, 6) is -0.605. The summed E-state index contributed by atoms with van der Waals surface area (Å²) >= 11 is 1.25. The number of thioether (sulfide) groups is 1. The van der Waals surface area contributed by atoms with Crippen LogP contribution in [-0.4, -0.2) is 11.8 Å². The molecule has 162 valence electrons. The minimum Gasteiger partial charge on any atom is -0.268 e. The van der Waals surface area contributed by atoms with E-state index in [0.717, 1.165) is 40.3 Å². The van der Waals surface area contributed by atoms with E-state index in [2.05, 4.69) is 0 Å². The van der Waals surface area contributed by atoms with Gasteiger partial charge in [0.25, 0.3) is 11.8 Å². The molecular formula is C25H18F3NO2S. The molecule has 7 heteroatoms. The molecule has 0 fully saturated rings. The number of imide groups is 1. The average Bonchev–Trinajstić information content (AvgIpc) is 3.02. The fraction of sp³-hybridized carbons (Fsp3) is 0.120. The van der Waals surface area contributed by atoms with Gasteiger partial charge in [-0.2, -0.15) is 13.2 Å². The van der Waals surface area contributed by atoms with Crippen LogP contribution in [0.5, 0.6) is 0 Å². The van der Waals surface area contributed by atoms with Gasteiger partial charge in [-0.25, -0.2) is 4.90 Å². The van der Waals surface area contributed by atoms with Crippen molar-refractivity contribution in [2.75, 3.05) is 4.90 Å². The van der Waals surface area contributed by atoms with Gasteiger partial charge in [-0.05, 0) is 42.3 Å². The van der Waals surface area contributed by atoms with Crippen molar-refractivity contribution in [1.82, 2.24) is 0 Å². The first-order valence-corrected chi connectivity index (χ1v) is 10.8. The molecule has 0 radical (unpaired) electrons. The lowest BCUT2D eigenvalue weighted by Gasteiger charge is -2.16. The van der Waals surface area contributed by atoms with Gasteiger partial charge in [0.15, 0.2) is 0 Å². The summed E-state index contributed by atoms with van der Waals surface area (Å²) in [6.07, 6.45) is -4.50. The summed E-state index contributed by atoms with van der Waals surface area (Å²) in [5, 5.41) is 0. The van der Waals surface area contributed by atoms with Crippen LogP contribution in [-0.2, 0) is 21.5 Å². The number of halogens is 3. The van der Waals surface area contributed by atoms with Crippen LogP contribution in [0.3, 0.4) is 0 Å². The number of aryl methyl sites for hydroxylation is 1. The summed E-state index contributed by atoms with van der Waals surface area (Å²) < 4.78 is 38.8. The number of hydrogen-bond donors (Lipinski definition) is 0. The maximum absolute atomic E-state index is 13.3. The van der Waals surface area contributed by atoms with Crippen LogP contribution in [0.2, 0.25) is 0 Å². The Morgan fingerprint density at radius 3 is 2.03 bits per heavy atom. The molecule has 3 aromatic rings. The molecule has 0 unspecified atom stereocenters. The van der Waals surface area contributed by atoms with E-state index in [1.54, 1.807) is 12.1 Å². The van der Waals surface area contributed by atoms with Gasteiger partial charge in [0.1, 0.15) is 0 Å². The third kappa shape index (κ3) is 4.34. The van der Waals surface area contributed by atoms with Crippen LogP contribution in [0.25, 0.3) is 5.57 Å². The number of nitrogens with zero attached hydrogens (tertiary/aromatic N) is 1. The Kier molecular flexibility index (Phi) is 5.93. The van der Waals surface area contributed by atoms with Crippen LogP contribution in [0, 0.1) is 6.92 Å². The summed E-state index contributed by atoms with van der Waals surface area (Å²) in [4.78, 5) is 27.8. The number of alkyl halides is 3. The Labute approximate surface area is 187 Å². The second-order valence-corrected chi connectivity index (χ2v) is 8.32. The summed E-state index contributed by atoms with van der Waals surface area (Å²) in [6.45, 7) is 1.92. The van der Waals surface area contributed by atoms with Gasteiger partial charge in [0.05, 0.1) is 21.7 Å². The third-order valence-electron chi connectivity index (χ3n) is 5.06. The number of amides is 2. The zero-order chi connectivity index (χ0) is 22.9. The predicted octanol–water partition coefficient (Wildman–Crippen LogP) is 6.23. The highest BCUT2D eigenvalue weighted by Crippen LogP contribution is 2.40. The first-order valence-electron chi connectivity index (χ1n) is 9.80. The van der Waals surface area contributed by atoms with E-state index >= 15 is 0 Å². The molecule has 4 rings (SSSR count). The second kappa shape index (κ2) is 8.67. The van der Waals surface area contributed by atoms with E-state index in [9.17, 15) is 22.8 Å². The Balaban J connectivity index is 1.71. The minimum absolute atomic E-state index is 0.105. The molecule has 3 nitrogen and oxygen atoms in total. The SMILES string of the molecule is Cc1ccc(C2=C(SCc3ccccc3)C(=O)N(c3ccc(C(F)(F)F)cc3)C2=O)cc1. The molecule has 0 aliphatic carbocycles. The molecule has 0 saturated carbocycles. The minimum atomic E-state index is -4.50. The maximum atomic E-state index is 13.3.